The van der Waals surface area contributed by atoms with Crippen LogP contribution in [0, 0.1) is 5.92 Å². The van der Waals surface area contributed by atoms with Crippen LogP contribution in [0.3, 0.4) is 0 Å². The first kappa shape index (κ1) is 33.0. The Hall–Kier alpha value is -5.50. The first-order valence-electron chi connectivity index (χ1n) is 16.6. The molecule has 0 aliphatic carbocycles. The van der Waals surface area contributed by atoms with Crippen LogP contribution in [0.15, 0.2) is 54.9 Å². The molecule has 258 valence electrons. The molecule has 1 unspecified atom stereocenters. The second-order valence-electron chi connectivity index (χ2n) is 12.7. The number of anilines is 4. The predicted octanol–water partition coefficient (Wildman–Crippen LogP) is 4.23. The lowest BCUT2D eigenvalue weighted by Gasteiger charge is -2.31. The van der Waals surface area contributed by atoms with E-state index < -0.39 is 5.92 Å². The molecule has 2 fully saturated rings. The minimum Gasteiger partial charge on any atom is -0.359 e. The van der Waals surface area contributed by atoms with Crippen LogP contribution in [-0.2, 0) is 32.8 Å². The first-order chi connectivity index (χ1) is 24.2. The van der Waals surface area contributed by atoms with Gasteiger partial charge in [-0.15, -0.1) is 0 Å². The maximum Gasteiger partial charge on any atom is 0.235 e. The summed E-state index contributed by atoms with van der Waals surface area (Å²) in [7, 11) is 3.43. The Morgan fingerprint density at radius 1 is 1.02 bits per heavy atom. The van der Waals surface area contributed by atoms with Gasteiger partial charge in [-0.25, -0.2) is 4.98 Å². The number of carbonyl (C=O) groups excluding carboxylic acids is 4. The van der Waals surface area contributed by atoms with Crippen molar-refractivity contribution in [2.45, 2.75) is 44.6 Å². The Kier molecular flexibility index (Phi) is 9.10. The molecular formula is C35H37ClN10O4. The lowest BCUT2D eigenvalue weighted by Crippen LogP contribution is -2.39. The van der Waals surface area contributed by atoms with E-state index >= 15 is 0 Å². The van der Waals surface area contributed by atoms with E-state index in [1.54, 1.807) is 25.0 Å². The van der Waals surface area contributed by atoms with Crippen molar-refractivity contribution >= 4 is 80.2 Å². The monoisotopic (exact) mass is 696 g/mol. The van der Waals surface area contributed by atoms with Gasteiger partial charge in [0.25, 0.3) is 0 Å². The highest BCUT2D eigenvalue weighted by atomic mass is 35.5. The van der Waals surface area contributed by atoms with Crippen molar-refractivity contribution < 1.29 is 19.2 Å². The number of benzene rings is 2. The summed E-state index contributed by atoms with van der Waals surface area (Å²) in [5, 5.41) is 18.3. The molecule has 14 nitrogen and oxygen atoms in total. The van der Waals surface area contributed by atoms with Crippen molar-refractivity contribution in [3.8, 4) is 0 Å². The molecule has 3 aromatic heterocycles. The van der Waals surface area contributed by atoms with E-state index in [4.69, 9.17) is 16.6 Å². The van der Waals surface area contributed by atoms with E-state index in [0.29, 0.717) is 73.5 Å². The number of carbonyl (C=O) groups is 4. The minimum atomic E-state index is -0.492. The van der Waals surface area contributed by atoms with Crippen LogP contribution in [0.4, 0.5) is 23.1 Å². The molecule has 15 heteroatoms. The second kappa shape index (κ2) is 13.8. The third kappa shape index (κ3) is 6.70. The Morgan fingerprint density at radius 3 is 2.58 bits per heavy atom. The van der Waals surface area contributed by atoms with Gasteiger partial charge in [0, 0.05) is 75.4 Å². The van der Waals surface area contributed by atoms with Crippen LogP contribution < -0.4 is 26.2 Å². The smallest absolute Gasteiger partial charge is 0.235 e. The number of imide groups is 1. The largest absolute Gasteiger partial charge is 0.359 e. The average Bonchev–Trinajstić information content (AvgIpc) is 3.67. The minimum absolute atomic E-state index is 0.0165. The number of halogens is 1. The standard InChI is InChI=1S/C35H37ClN10O4/c1-37-29(47)12-16-45-13-9-20-3-4-22(17-27(20)45)39-32-26(36)19-38-35(42-32)46-14-10-21(11-15-46)33(49)40-23-5-6-24-28(18-23)44(2)43-31(24)25-7-8-30(48)41-34(25)50/h3-6,9,13,17-19,21,25H,7-8,10-12,14-16H2,1-2H3,(H,37,47)(H,40,49)(H,38,39,42)(H,41,48,50). The summed E-state index contributed by atoms with van der Waals surface area (Å²) in [5.41, 5.74) is 3.86. The highest BCUT2D eigenvalue weighted by Crippen LogP contribution is 2.33. The zero-order valence-electron chi connectivity index (χ0n) is 27.7. The van der Waals surface area contributed by atoms with E-state index in [1.165, 1.54) is 0 Å². The van der Waals surface area contributed by atoms with Gasteiger partial charge in [0.15, 0.2) is 5.82 Å². The second-order valence-corrected chi connectivity index (χ2v) is 13.1. The third-order valence-electron chi connectivity index (χ3n) is 9.49. The molecule has 50 heavy (non-hydrogen) atoms. The van der Waals surface area contributed by atoms with Gasteiger partial charge in [0.05, 0.1) is 28.8 Å². The summed E-state index contributed by atoms with van der Waals surface area (Å²) >= 11 is 6.51. The number of nitrogens with zero attached hydrogens (tertiary/aromatic N) is 6. The van der Waals surface area contributed by atoms with Crippen LogP contribution in [0.2, 0.25) is 5.02 Å². The van der Waals surface area contributed by atoms with Gasteiger partial charge in [-0.05, 0) is 61.0 Å². The third-order valence-corrected chi connectivity index (χ3v) is 9.77. The molecular weight excluding hydrogens is 660 g/mol. The molecule has 2 aliphatic heterocycles. The summed E-state index contributed by atoms with van der Waals surface area (Å²) < 4.78 is 3.74. The topological polar surface area (TPSA) is 168 Å². The lowest BCUT2D eigenvalue weighted by atomic mass is 9.92. The highest BCUT2D eigenvalue weighted by Gasteiger charge is 2.32. The van der Waals surface area contributed by atoms with Crippen LogP contribution >= 0.6 is 11.6 Å². The Balaban J connectivity index is 0.980. The van der Waals surface area contributed by atoms with Gasteiger partial charge in [-0.2, -0.15) is 10.1 Å². The van der Waals surface area contributed by atoms with E-state index in [9.17, 15) is 19.2 Å². The summed E-state index contributed by atoms with van der Waals surface area (Å²) in [6, 6.07) is 13.5. The van der Waals surface area contributed by atoms with Crippen LogP contribution in [0.5, 0.6) is 0 Å². The van der Waals surface area contributed by atoms with E-state index in [-0.39, 0.29) is 36.0 Å². The quantitative estimate of drug-likeness (QED) is 0.165. The fourth-order valence-electron chi connectivity index (χ4n) is 6.70. The molecule has 5 aromatic rings. The zero-order valence-corrected chi connectivity index (χ0v) is 28.5. The predicted molar refractivity (Wildman–Crippen MR) is 190 cm³/mol. The van der Waals surface area contributed by atoms with E-state index in [2.05, 4.69) is 36.2 Å². The number of rotatable bonds is 9. The van der Waals surface area contributed by atoms with E-state index in [1.807, 2.05) is 53.2 Å². The Morgan fingerprint density at radius 2 is 1.80 bits per heavy atom. The van der Waals surface area contributed by atoms with Gasteiger partial charge in [0.1, 0.15) is 5.02 Å². The normalized spacial score (nSPS) is 16.9. The number of fused-ring (bicyclic) bond motifs is 2. The van der Waals surface area contributed by atoms with Gasteiger partial charge >= 0.3 is 0 Å². The van der Waals surface area contributed by atoms with Gasteiger partial charge < -0.3 is 25.4 Å². The molecule has 2 aliphatic rings. The average molecular weight is 697 g/mol. The first-order valence-corrected chi connectivity index (χ1v) is 17.0. The molecule has 0 radical (unpaired) electrons. The summed E-state index contributed by atoms with van der Waals surface area (Å²) in [6.07, 6.45) is 5.87. The van der Waals surface area contributed by atoms with Crippen LogP contribution in [0.1, 0.15) is 43.7 Å². The SMILES string of the molecule is CNC(=O)CCn1ccc2ccc(Nc3nc(N4CCC(C(=O)Nc5ccc6c(C7CCC(=O)NC7=O)nn(C)c6c5)CC4)ncc3Cl)cc21. The van der Waals surface area contributed by atoms with Crippen LogP contribution in [-0.4, -0.2) is 68.1 Å². The van der Waals surface area contributed by atoms with Gasteiger partial charge in [0.2, 0.25) is 29.6 Å². The van der Waals surface area contributed by atoms with Gasteiger partial charge in [-0.1, -0.05) is 17.7 Å². The molecule has 0 spiro atoms. The number of aryl methyl sites for hydroxylation is 2. The molecule has 0 saturated carbocycles. The fourth-order valence-corrected chi connectivity index (χ4v) is 6.84. The Bertz CT molecular complexity index is 2130. The van der Waals surface area contributed by atoms with Crippen molar-refractivity contribution in [2.75, 3.05) is 35.7 Å². The van der Waals surface area contributed by atoms with Crippen molar-refractivity contribution in [1.29, 1.82) is 0 Å². The number of nitrogens with one attached hydrogen (secondary N) is 4. The zero-order chi connectivity index (χ0) is 34.9. The summed E-state index contributed by atoms with van der Waals surface area (Å²) in [6.45, 7) is 1.76. The number of amides is 4. The van der Waals surface area contributed by atoms with Crippen molar-refractivity contribution in [1.82, 2.24) is 34.9 Å². The van der Waals surface area contributed by atoms with E-state index in [0.717, 1.165) is 27.5 Å². The van der Waals surface area contributed by atoms with Crippen molar-refractivity contribution in [3.05, 3.63) is 65.6 Å². The molecule has 0 bridgehead atoms. The number of piperidine rings is 2. The molecule has 5 heterocycles. The van der Waals surface area contributed by atoms with Crippen molar-refractivity contribution in [2.24, 2.45) is 13.0 Å². The van der Waals surface area contributed by atoms with Crippen molar-refractivity contribution in [3.63, 3.8) is 0 Å². The molecule has 7 rings (SSSR count). The molecule has 4 amide bonds. The lowest BCUT2D eigenvalue weighted by molar-refractivity contribution is -0.134. The van der Waals surface area contributed by atoms with Gasteiger partial charge in [-0.3, -0.25) is 29.2 Å². The number of hydrogen-bond acceptors (Lipinski definition) is 9. The number of aromatic nitrogens is 5. The molecule has 1 atom stereocenters. The molecule has 2 saturated heterocycles. The fraction of sp³-hybridized carbons (Fsp3) is 0.343. The number of hydrogen-bond donors (Lipinski definition) is 4. The highest BCUT2D eigenvalue weighted by molar-refractivity contribution is 6.33. The Labute approximate surface area is 292 Å². The molecule has 4 N–H and O–H groups in total. The summed E-state index contributed by atoms with van der Waals surface area (Å²) in [5.74, 6) is -0.356. The van der Waals surface area contributed by atoms with Crippen LogP contribution in [0.25, 0.3) is 21.8 Å². The molecule has 2 aromatic carbocycles. The maximum absolute atomic E-state index is 13.3. The maximum atomic E-state index is 13.3. The summed E-state index contributed by atoms with van der Waals surface area (Å²) in [4.78, 5) is 60.5.